The van der Waals surface area contributed by atoms with E-state index in [9.17, 15) is 0 Å². The van der Waals surface area contributed by atoms with Crippen LogP contribution in [-0.2, 0) is 4.74 Å². The Morgan fingerprint density at radius 1 is 1.60 bits per heavy atom. The van der Waals surface area contributed by atoms with E-state index in [2.05, 4.69) is 6.92 Å². The van der Waals surface area contributed by atoms with Gasteiger partial charge in [0.1, 0.15) is 0 Å². The Kier molecular flexibility index (Phi) is 3.16. The van der Waals surface area contributed by atoms with Crippen LogP contribution in [0.3, 0.4) is 0 Å². The lowest BCUT2D eigenvalue weighted by molar-refractivity contribution is 0.103. The van der Waals surface area contributed by atoms with Crippen LogP contribution < -0.4 is 5.73 Å². The fraction of sp³-hybridized carbons (Fsp3) is 1.00. The van der Waals surface area contributed by atoms with Crippen LogP contribution in [-0.4, -0.2) is 19.3 Å². The zero-order valence-electron chi connectivity index (χ0n) is 6.68. The van der Waals surface area contributed by atoms with Gasteiger partial charge in [0.15, 0.2) is 0 Å². The fourth-order valence-electron chi connectivity index (χ4n) is 1.54. The van der Waals surface area contributed by atoms with Gasteiger partial charge < -0.3 is 10.5 Å². The first-order chi connectivity index (χ1) is 4.84. The maximum Gasteiger partial charge on any atom is 0.0576 e. The van der Waals surface area contributed by atoms with Gasteiger partial charge in [0, 0.05) is 6.61 Å². The molecule has 2 atom stereocenters. The molecule has 0 spiro atoms. The van der Waals surface area contributed by atoms with E-state index in [4.69, 9.17) is 10.5 Å². The van der Waals surface area contributed by atoms with Crippen molar-refractivity contribution in [2.24, 2.45) is 11.7 Å². The van der Waals surface area contributed by atoms with E-state index >= 15 is 0 Å². The molecule has 1 fully saturated rings. The highest BCUT2D eigenvalue weighted by Crippen LogP contribution is 2.24. The normalized spacial score (nSPS) is 33.0. The second kappa shape index (κ2) is 3.94. The summed E-state index contributed by atoms with van der Waals surface area (Å²) in [6.45, 7) is 3.94. The van der Waals surface area contributed by atoms with Crippen LogP contribution in [0.25, 0.3) is 0 Å². The molecule has 0 aromatic heterocycles. The van der Waals surface area contributed by atoms with Gasteiger partial charge in [0.05, 0.1) is 6.10 Å². The lowest BCUT2D eigenvalue weighted by atomic mass is 9.97. The van der Waals surface area contributed by atoms with Crippen LogP contribution in [0.15, 0.2) is 0 Å². The molecule has 1 heterocycles. The quantitative estimate of drug-likeness (QED) is 0.643. The van der Waals surface area contributed by atoms with Gasteiger partial charge in [-0.05, 0) is 38.6 Å². The summed E-state index contributed by atoms with van der Waals surface area (Å²) in [5, 5.41) is 0. The maximum absolute atomic E-state index is 5.42. The fourth-order valence-corrected chi connectivity index (χ4v) is 1.54. The molecular formula is C8H17NO. The molecule has 10 heavy (non-hydrogen) atoms. The minimum Gasteiger partial charge on any atom is -0.378 e. The Labute approximate surface area is 62.7 Å². The lowest BCUT2D eigenvalue weighted by Crippen LogP contribution is -2.12. The molecule has 0 bridgehead atoms. The second-order valence-electron chi connectivity index (χ2n) is 3.06. The third kappa shape index (κ3) is 1.96. The molecule has 2 nitrogen and oxygen atoms in total. The first-order valence-electron chi connectivity index (χ1n) is 4.16. The van der Waals surface area contributed by atoms with Gasteiger partial charge >= 0.3 is 0 Å². The van der Waals surface area contributed by atoms with E-state index in [0.29, 0.717) is 6.10 Å². The van der Waals surface area contributed by atoms with Crippen molar-refractivity contribution in [3.63, 3.8) is 0 Å². The molecule has 2 N–H and O–H groups in total. The summed E-state index contributed by atoms with van der Waals surface area (Å²) in [6, 6.07) is 0. The highest BCUT2D eigenvalue weighted by atomic mass is 16.5. The molecule has 0 aromatic rings. The Morgan fingerprint density at radius 2 is 2.40 bits per heavy atom. The van der Waals surface area contributed by atoms with Crippen LogP contribution >= 0.6 is 0 Å². The second-order valence-corrected chi connectivity index (χ2v) is 3.06. The predicted octanol–water partition coefficient (Wildman–Crippen LogP) is 1.15. The summed E-state index contributed by atoms with van der Waals surface area (Å²) < 4.78 is 5.42. The van der Waals surface area contributed by atoms with Gasteiger partial charge in [-0.3, -0.25) is 0 Å². The summed E-state index contributed by atoms with van der Waals surface area (Å²) in [6.07, 6.45) is 4.11. The van der Waals surface area contributed by atoms with Gasteiger partial charge in [-0.25, -0.2) is 0 Å². The minimum absolute atomic E-state index is 0.478. The first kappa shape index (κ1) is 8.02. The van der Waals surface area contributed by atoms with Gasteiger partial charge in [-0.15, -0.1) is 0 Å². The number of ether oxygens (including phenoxy) is 1. The summed E-state index contributed by atoms with van der Waals surface area (Å²) in [5.74, 6) is 0.781. The first-order valence-corrected chi connectivity index (χ1v) is 4.16. The third-order valence-corrected chi connectivity index (χ3v) is 2.31. The van der Waals surface area contributed by atoms with Crippen LogP contribution in [0.1, 0.15) is 26.2 Å². The SMILES string of the molecule is CC1OCCC1CCCN. The molecule has 1 aliphatic rings. The number of hydrogen-bond acceptors (Lipinski definition) is 2. The molecule has 0 amide bonds. The zero-order valence-corrected chi connectivity index (χ0v) is 6.68. The van der Waals surface area contributed by atoms with E-state index in [0.717, 1.165) is 25.5 Å². The van der Waals surface area contributed by atoms with Crippen LogP contribution in [0, 0.1) is 5.92 Å². The van der Waals surface area contributed by atoms with Gasteiger partial charge in [0.2, 0.25) is 0 Å². The average Bonchev–Trinajstić information content (AvgIpc) is 2.31. The van der Waals surface area contributed by atoms with Crippen molar-refractivity contribution in [1.82, 2.24) is 0 Å². The molecule has 0 aliphatic carbocycles. The molecule has 60 valence electrons. The molecule has 1 rings (SSSR count). The largest absolute Gasteiger partial charge is 0.378 e. The van der Waals surface area contributed by atoms with E-state index in [1.54, 1.807) is 0 Å². The van der Waals surface area contributed by atoms with Gasteiger partial charge in [-0.1, -0.05) is 0 Å². The lowest BCUT2D eigenvalue weighted by Gasteiger charge is -2.12. The molecule has 2 unspecified atom stereocenters. The standard InChI is InChI=1S/C8H17NO/c1-7-8(3-2-5-9)4-6-10-7/h7-8H,2-6,9H2,1H3. The molecule has 0 radical (unpaired) electrons. The summed E-state index contributed by atoms with van der Waals surface area (Å²) in [4.78, 5) is 0. The summed E-state index contributed by atoms with van der Waals surface area (Å²) in [7, 11) is 0. The highest BCUT2D eigenvalue weighted by Gasteiger charge is 2.22. The van der Waals surface area contributed by atoms with Crippen molar-refractivity contribution in [3.05, 3.63) is 0 Å². The Balaban J connectivity index is 2.14. The predicted molar refractivity (Wildman–Crippen MR) is 41.8 cm³/mol. The van der Waals surface area contributed by atoms with Crippen LogP contribution in [0.4, 0.5) is 0 Å². The number of hydrogen-bond donors (Lipinski definition) is 1. The maximum atomic E-state index is 5.42. The molecule has 0 saturated carbocycles. The molecular weight excluding hydrogens is 126 g/mol. The Bertz CT molecular complexity index is 95.3. The minimum atomic E-state index is 0.478. The zero-order chi connectivity index (χ0) is 7.40. The van der Waals surface area contributed by atoms with E-state index in [1.165, 1.54) is 12.8 Å². The molecule has 0 aromatic carbocycles. The highest BCUT2D eigenvalue weighted by molar-refractivity contribution is 4.72. The van der Waals surface area contributed by atoms with Crippen LogP contribution in [0.5, 0.6) is 0 Å². The van der Waals surface area contributed by atoms with Crippen molar-refractivity contribution >= 4 is 0 Å². The molecule has 1 aliphatic heterocycles. The van der Waals surface area contributed by atoms with Crippen LogP contribution in [0.2, 0.25) is 0 Å². The topological polar surface area (TPSA) is 35.2 Å². The van der Waals surface area contributed by atoms with Crippen molar-refractivity contribution in [2.45, 2.75) is 32.3 Å². The molecule has 1 saturated heterocycles. The third-order valence-electron chi connectivity index (χ3n) is 2.31. The van der Waals surface area contributed by atoms with Crippen molar-refractivity contribution in [1.29, 1.82) is 0 Å². The number of nitrogens with two attached hydrogens (primary N) is 1. The average molecular weight is 143 g/mol. The van der Waals surface area contributed by atoms with E-state index in [-0.39, 0.29) is 0 Å². The van der Waals surface area contributed by atoms with Crippen molar-refractivity contribution in [2.75, 3.05) is 13.2 Å². The Morgan fingerprint density at radius 3 is 2.90 bits per heavy atom. The summed E-state index contributed by atoms with van der Waals surface area (Å²) in [5.41, 5.74) is 5.41. The monoisotopic (exact) mass is 143 g/mol. The summed E-state index contributed by atoms with van der Waals surface area (Å²) >= 11 is 0. The van der Waals surface area contributed by atoms with Gasteiger partial charge in [0.25, 0.3) is 0 Å². The number of rotatable bonds is 3. The Hall–Kier alpha value is -0.0800. The molecule has 2 heteroatoms. The van der Waals surface area contributed by atoms with Gasteiger partial charge in [-0.2, -0.15) is 0 Å². The van der Waals surface area contributed by atoms with Crippen molar-refractivity contribution < 1.29 is 4.74 Å². The smallest absolute Gasteiger partial charge is 0.0576 e. The van der Waals surface area contributed by atoms with Crippen molar-refractivity contribution in [3.8, 4) is 0 Å². The van der Waals surface area contributed by atoms with E-state index in [1.807, 2.05) is 0 Å². The van der Waals surface area contributed by atoms with E-state index < -0.39 is 0 Å².